The first-order valence-corrected chi connectivity index (χ1v) is 6.00. The second-order valence-electron chi connectivity index (χ2n) is 3.73. The molecular weight excluding hydrogens is 263 g/mol. The number of thiazole rings is 1. The predicted octanol–water partition coefficient (Wildman–Crippen LogP) is 2.69. The van der Waals surface area contributed by atoms with E-state index in [-0.39, 0.29) is 5.01 Å². The van der Waals surface area contributed by atoms with Crippen LogP contribution in [0.5, 0.6) is 0 Å². The minimum atomic E-state index is -4.45. The van der Waals surface area contributed by atoms with Gasteiger partial charge in [-0.05, 0) is 17.7 Å². The molecule has 0 aliphatic rings. The van der Waals surface area contributed by atoms with Gasteiger partial charge in [-0.1, -0.05) is 0 Å². The zero-order chi connectivity index (χ0) is 13.2. The third kappa shape index (κ3) is 3.05. The highest BCUT2D eigenvalue weighted by Crippen LogP contribution is 2.32. The summed E-state index contributed by atoms with van der Waals surface area (Å²) in [4.78, 5) is 7.79. The van der Waals surface area contributed by atoms with E-state index in [4.69, 9.17) is 5.73 Å². The van der Waals surface area contributed by atoms with Gasteiger partial charge in [-0.25, -0.2) is 4.98 Å². The van der Waals surface area contributed by atoms with Gasteiger partial charge in [0.1, 0.15) is 5.01 Å². The van der Waals surface area contributed by atoms with Gasteiger partial charge in [0.05, 0.1) is 5.69 Å². The highest BCUT2D eigenvalue weighted by Gasteiger charge is 2.39. The van der Waals surface area contributed by atoms with Gasteiger partial charge in [0.2, 0.25) is 0 Å². The van der Waals surface area contributed by atoms with Crippen LogP contribution in [0.25, 0.3) is 0 Å². The Morgan fingerprint density at radius 2 is 1.94 bits per heavy atom. The maximum atomic E-state index is 12.4. The summed E-state index contributed by atoms with van der Waals surface area (Å²) in [5.74, 6) is 0. The van der Waals surface area contributed by atoms with Crippen LogP contribution in [-0.4, -0.2) is 16.1 Å². The average molecular weight is 273 g/mol. The smallest absolute Gasteiger partial charge is 0.314 e. The normalized spacial score (nSPS) is 13.6. The van der Waals surface area contributed by atoms with Crippen molar-refractivity contribution in [1.29, 1.82) is 0 Å². The Bertz CT molecular complexity index is 510. The van der Waals surface area contributed by atoms with E-state index in [1.54, 1.807) is 29.9 Å². The second-order valence-corrected chi connectivity index (χ2v) is 4.62. The molecule has 0 saturated carbocycles. The van der Waals surface area contributed by atoms with E-state index in [1.165, 1.54) is 0 Å². The lowest BCUT2D eigenvalue weighted by Gasteiger charge is -2.12. The van der Waals surface area contributed by atoms with Crippen molar-refractivity contribution in [3.63, 3.8) is 0 Å². The number of halogens is 3. The number of nitrogens with zero attached hydrogens (tertiary/aromatic N) is 2. The van der Waals surface area contributed by atoms with Crippen molar-refractivity contribution in [3.05, 3.63) is 46.2 Å². The van der Waals surface area contributed by atoms with Crippen LogP contribution in [0.15, 0.2) is 29.9 Å². The molecule has 3 nitrogen and oxygen atoms in total. The number of aromatic nitrogens is 2. The SMILES string of the molecule is N[C@@H](c1nc(Cc2ccncc2)cs1)C(F)(F)F. The van der Waals surface area contributed by atoms with Crippen LogP contribution in [0.3, 0.4) is 0 Å². The largest absolute Gasteiger partial charge is 0.410 e. The van der Waals surface area contributed by atoms with Crippen LogP contribution in [0.2, 0.25) is 0 Å². The van der Waals surface area contributed by atoms with Gasteiger partial charge < -0.3 is 5.73 Å². The predicted molar refractivity (Wildman–Crippen MR) is 62.1 cm³/mol. The average Bonchev–Trinajstić information content (AvgIpc) is 2.76. The van der Waals surface area contributed by atoms with Gasteiger partial charge in [0.15, 0.2) is 6.04 Å². The molecule has 0 spiro atoms. The molecule has 2 rings (SSSR count). The van der Waals surface area contributed by atoms with E-state index in [0.717, 1.165) is 16.9 Å². The monoisotopic (exact) mass is 273 g/mol. The summed E-state index contributed by atoms with van der Waals surface area (Å²) in [7, 11) is 0. The maximum absolute atomic E-state index is 12.4. The van der Waals surface area contributed by atoms with Crippen LogP contribution >= 0.6 is 11.3 Å². The van der Waals surface area contributed by atoms with E-state index in [2.05, 4.69) is 9.97 Å². The van der Waals surface area contributed by atoms with E-state index >= 15 is 0 Å². The lowest BCUT2D eigenvalue weighted by molar-refractivity contribution is -0.149. The van der Waals surface area contributed by atoms with Crippen molar-refractivity contribution in [2.45, 2.75) is 18.6 Å². The highest BCUT2D eigenvalue weighted by molar-refractivity contribution is 7.09. The molecule has 0 fully saturated rings. The highest BCUT2D eigenvalue weighted by atomic mass is 32.1. The fourth-order valence-corrected chi connectivity index (χ4v) is 2.24. The van der Waals surface area contributed by atoms with Gasteiger partial charge in [-0.15, -0.1) is 11.3 Å². The van der Waals surface area contributed by atoms with Crippen molar-refractivity contribution in [1.82, 2.24) is 9.97 Å². The lowest BCUT2D eigenvalue weighted by Crippen LogP contribution is -2.28. The summed E-state index contributed by atoms with van der Waals surface area (Å²) in [6.45, 7) is 0. The molecule has 0 saturated heterocycles. The molecule has 0 aromatic carbocycles. The molecule has 0 radical (unpaired) electrons. The molecule has 1 atom stereocenters. The summed E-state index contributed by atoms with van der Waals surface area (Å²) in [5.41, 5.74) is 6.62. The van der Waals surface area contributed by atoms with Gasteiger partial charge >= 0.3 is 6.18 Å². The van der Waals surface area contributed by atoms with Gasteiger partial charge in [-0.3, -0.25) is 4.98 Å². The number of alkyl halides is 3. The Balaban J connectivity index is 2.12. The second kappa shape index (κ2) is 5.03. The zero-order valence-electron chi connectivity index (χ0n) is 9.19. The molecule has 0 aliphatic heterocycles. The summed E-state index contributed by atoms with van der Waals surface area (Å²) >= 11 is 0.932. The van der Waals surface area contributed by atoms with Crippen molar-refractivity contribution in [2.75, 3.05) is 0 Å². The molecular formula is C11H10F3N3S. The first-order valence-electron chi connectivity index (χ1n) is 5.12. The Morgan fingerprint density at radius 3 is 2.56 bits per heavy atom. The standard InChI is InChI=1S/C11H10F3N3S/c12-11(13,14)9(15)10-17-8(6-18-10)5-7-1-3-16-4-2-7/h1-4,6,9H,5,15H2/t9-/m0/s1. The number of hydrogen-bond acceptors (Lipinski definition) is 4. The molecule has 0 bridgehead atoms. The Kier molecular flexibility index (Phi) is 3.63. The molecule has 2 aromatic heterocycles. The Labute approximate surface area is 105 Å². The summed E-state index contributed by atoms with van der Waals surface area (Å²) in [6.07, 6.45) is -0.719. The molecule has 7 heteroatoms. The van der Waals surface area contributed by atoms with Crippen LogP contribution in [0.1, 0.15) is 22.3 Å². The topological polar surface area (TPSA) is 51.8 Å². The van der Waals surface area contributed by atoms with E-state index in [1.807, 2.05) is 0 Å². The van der Waals surface area contributed by atoms with Crippen LogP contribution in [0.4, 0.5) is 13.2 Å². The van der Waals surface area contributed by atoms with Gasteiger partial charge in [-0.2, -0.15) is 13.2 Å². The third-order valence-corrected chi connectivity index (χ3v) is 3.30. The first kappa shape index (κ1) is 13.0. The summed E-state index contributed by atoms with van der Waals surface area (Å²) < 4.78 is 37.2. The summed E-state index contributed by atoms with van der Waals surface area (Å²) in [5, 5.41) is 1.49. The van der Waals surface area contributed by atoms with Crippen LogP contribution in [-0.2, 0) is 6.42 Å². The fraction of sp³-hybridized carbons (Fsp3) is 0.273. The number of nitrogens with two attached hydrogens (primary N) is 1. The van der Waals surface area contributed by atoms with Crippen molar-refractivity contribution < 1.29 is 13.2 Å². The molecule has 0 unspecified atom stereocenters. The Hall–Kier alpha value is -1.47. The molecule has 0 amide bonds. The molecule has 2 heterocycles. The van der Waals surface area contributed by atoms with E-state index in [0.29, 0.717) is 12.1 Å². The summed E-state index contributed by atoms with van der Waals surface area (Å²) in [6, 6.07) is 1.58. The molecule has 2 N–H and O–H groups in total. The molecule has 2 aromatic rings. The van der Waals surface area contributed by atoms with Crippen molar-refractivity contribution in [3.8, 4) is 0 Å². The number of pyridine rings is 1. The maximum Gasteiger partial charge on any atom is 0.410 e. The number of hydrogen-bond donors (Lipinski definition) is 1. The van der Waals surface area contributed by atoms with Crippen LogP contribution < -0.4 is 5.73 Å². The Morgan fingerprint density at radius 1 is 1.28 bits per heavy atom. The minimum Gasteiger partial charge on any atom is -0.314 e. The van der Waals surface area contributed by atoms with Crippen molar-refractivity contribution in [2.24, 2.45) is 5.73 Å². The molecule has 96 valence electrons. The third-order valence-electron chi connectivity index (χ3n) is 2.32. The van der Waals surface area contributed by atoms with Gasteiger partial charge in [0, 0.05) is 24.2 Å². The lowest BCUT2D eigenvalue weighted by atomic mass is 10.2. The zero-order valence-corrected chi connectivity index (χ0v) is 10.0. The van der Waals surface area contributed by atoms with Crippen LogP contribution in [0, 0.1) is 0 Å². The fourth-order valence-electron chi connectivity index (χ4n) is 1.40. The molecule has 0 aliphatic carbocycles. The van der Waals surface area contributed by atoms with E-state index < -0.39 is 12.2 Å². The molecule has 18 heavy (non-hydrogen) atoms. The van der Waals surface area contributed by atoms with Crippen molar-refractivity contribution >= 4 is 11.3 Å². The van der Waals surface area contributed by atoms with Gasteiger partial charge in [0.25, 0.3) is 0 Å². The first-order chi connectivity index (χ1) is 8.47. The minimum absolute atomic E-state index is 0.105. The quantitative estimate of drug-likeness (QED) is 0.935. The number of rotatable bonds is 3. The van der Waals surface area contributed by atoms with E-state index in [9.17, 15) is 13.2 Å².